The minimum atomic E-state index is -0.0427. The highest BCUT2D eigenvalue weighted by Gasteiger charge is 2.19. The number of anilines is 3. The van der Waals surface area contributed by atoms with Crippen LogP contribution in [0, 0.1) is 0 Å². The molecule has 0 bridgehead atoms. The average Bonchev–Trinajstić information content (AvgIpc) is 2.64. The number of nitrogens with two attached hydrogens (primary N) is 1. The third-order valence-corrected chi connectivity index (χ3v) is 2.83. The number of nitrogens with one attached hydrogen (secondary N) is 2. The lowest BCUT2D eigenvalue weighted by molar-refractivity contribution is -0.126. The molecule has 2 amide bonds. The summed E-state index contributed by atoms with van der Waals surface area (Å²) in [4.78, 5) is 24.2. The van der Waals surface area contributed by atoms with Crippen molar-refractivity contribution in [3.8, 4) is 0 Å². The normalized spacial score (nSPS) is 12.9. The maximum atomic E-state index is 11.5. The summed E-state index contributed by atoms with van der Waals surface area (Å²) < 4.78 is 0. The average molecular weight is 248 g/mol. The number of likely N-dealkylation sites (N-methyl/N-ethyl adjacent to an activating group) is 1. The van der Waals surface area contributed by atoms with Gasteiger partial charge in [0.25, 0.3) is 0 Å². The molecule has 0 radical (unpaired) electrons. The lowest BCUT2D eigenvalue weighted by Crippen LogP contribution is -2.28. The zero-order valence-electron chi connectivity index (χ0n) is 10.4. The minimum Gasteiger partial charge on any atom is -0.397 e. The van der Waals surface area contributed by atoms with Gasteiger partial charge in [-0.1, -0.05) is 0 Å². The van der Waals surface area contributed by atoms with E-state index in [0.29, 0.717) is 17.8 Å². The molecule has 18 heavy (non-hydrogen) atoms. The van der Waals surface area contributed by atoms with Crippen LogP contribution in [0.5, 0.6) is 0 Å². The molecule has 0 saturated carbocycles. The van der Waals surface area contributed by atoms with Crippen molar-refractivity contribution in [3.63, 3.8) is 0 Å². The van der Waals surface area contributed by atoms with Gasteiger partial charge in [-0.25, -0.2) is 0 Å². The maximum absolute atomic E-state index is 11.5. The molecule has 1 aliphatic heterocycles. The van der Waals surface area contributed by atoms with Crippen molar-refractivity contribution in [2.45, 2.75) is 6.42 Å². The molecule has 96 valence electrons. The van der Waals surface area contributed by atoms with Gasteiger partial charge in [-0.05, 0) is 17.7 Å². The number of hydrogen-bond acceptors (Lipinski definition) is 4. The Hall–Kier alpha value is -2.24. The molecule has 0 aliphatic carbocycles. The number of carbonyl (C=O) groups excluding carboxylic acids is 2. The van der Waals surface area contributed by atoms with Crippen molar-refractivity contribution in [3.05, 3.63) is 17.7 Å². The molecule has 4 N–H and O–H groups in total. The van der Waals surface area contributed by atoms with Crippen LogP contribution in [0.15, 0.2) is 12.1 Å². The molecule has 0 saturated heterocycles. The van der Waals surface area contributed by atoms with Gasteiger partial charge >= 0.3 is 0 Å². The number of carbonyl (C=O) groups is 2. The largest absolute Gasteiger partial charge is 0.397 e. The van der Waals surface area contributed by atoms with Gasteiger partial charge in [0.15, 0.2) is 0 Å². The van der Waals surface area contributed by atoms with E-state index < -0.39 is 0 Å². The summed E-state index contributed by atoms with van der Waals surface area (Å²) in [5.74, 6) is -0.0788. The fraction of sp³-hybridized carbons (Fsp3) is 0.333. The summed E-state index contributed by atoms with van der Waals surface area (Å²) in [6.07, 6.45) is 0.358. The molecule has 1 aliphatic rings. The summed E-state index contributed by atoms with van der Waals surface area (Å²) in [7, 11) is 3.38. The van der Waals surface area contributed by atoms with E-state index >= 15 is 0 Å². The van der Waals surface area contributed by atoms with Crippen LogP contribution in [0.4, 0.5) is 17.1 Å². The molecular weight excluding hydrogens is 232 g/mol. The highest BCUT2D eigenvalue weighted by molar-refractivity contribution is 6.01. The van der Waals surface area contributed by atoms with Crippen LogP contribution < -0.4 is 16.4 Å². The third kappa shape index (κ3) is 2.37. The van der Waals surface area contributed by atoms with Gasteiger partial charge in [-0.15, -0.1) is 0 Å². The fourth-order valence-corrected chi connectivity index (χ4v) is 1.78. The smallest absolute Gasteiger partial charge is 0.241 e. The van der Waals surface area contributed by atoms with E-state index in [1.807, 2.05) is 0 Å². The van der Waals surface area contributed by atoms with Crippen LogP contribution in [-0.4, -0.2) is 37.4 Å². The fourth-order valence-electron chi connectivity index (χ4n) is 1.78. The lowest BCUT2D eigenvalue weighted by atomic mass is 10.1. The standard InChI is InChI=1S/C12H16N4O2/c1-16(2)12(18)6-14-10-5-9-7(3-8(10)13)4-11(17)15-9/h3,5,14H,4,6,13H2,1-2H3,(H,15,17). The third-order valence-electron chi connectivity index (χ3n) is 2.83. The van der Waals surface area contributed by atoms with Crippen LogP contribution in [0.2, 0.25) is 0 Å². The molecule has 0 unspecified atom stereocenters. The predicted molar refractivity (Wildman–Crippen MR) is 70.4 cm³/mol. The van der Waals surface area contributed by atoms with E-state index in [4.69, 9.17) is 5.73 Å². The van der Waals surface area contributed by atoms with Gasteiger partial charge in [-0.2, -0.15) is 0 Å². The molecule has 0 aromatic heterocycles. The summed E-state index contributed by atoms with van der Waals surface area (Å²) in [6.45, 7) is 0.171. The number of benzene rings is 1. The summed E-state index contributed by atoms with van der Waals surface area (Å²) in [6, 6.07) is 3.52. The quantitative estimate of drug-likeness (QED) is 0.670. The Labute approximate surface area is 105 Å². The van der Waals surface area contributed by atoms with Crippen LogP contribution in [0.1, 0.15) is 5.56 Å². The Morgan fingerprint density at radius 2 is 2.22 bits per heavy atom. The first-order valence-electron chi connectivity index (χ1n) is 5.63. The van der Waals surface area contributed by atoms with Gasteiger partial charge in [0, 0.05) is 19.8 Å². The Morgan fingerprint density at radius 1 is 1.50 bits per heavy atom. The van der Waals surface area contributed by atoms with Gasteiger partial charge in [-0.3, -0.25) is 9.59 Å². The molecule has 1 aromatic carbocycles. The van der Waals surface area contributed by atoms with E-state index in [1.165, 1.54) is 4.90 Å². The SMILES string of the molecule is CN(C)C(=O)CNc1cc2c(cc1N)CC(=O)N2. The maximum Gasteiger partial charge on any atom is 0.241 e. The van der Waals surface area contributed by atoms with Crippen LogP contribution in [0.25, 0.3) is 0 Å². The number of nitrogens with zero attached hydrogens (tertiary/aromatic N) is 1. The predicted octanol–water partition coefficient (Wildman–Crippen LogP) is 0.263. The van der Waals surface area contributed by atoms with Crippen molar-refractivity contribution < 1.29 is 9.59 Å². The van der Waals surface area contributed by atoms with E-state index in [-0.39, 0.29) is 18.4 Å². The Kier molecular flexibility index (Phi) is 3.10. The van der Waals surface area contributed by atoms with Crippen molar-refractivity contribution in [2.24, 2.45) is 0 Å². The first kappa shape index (κ1) is 12.2. The van der Waals surface area contributed by atoms with Crippen LogP contribution in [-0.2, 0) is 16.0 Å². The number of fused-ring (bicyclic) bond motifs is 1. The molecular formula is C12H16N4O2. The monoisotopic (exact) mass is 248 g/mol. The minimum absolute atomic E-state index is 0.0362. The van der Waals surface area contributed by atoms with Crippen molar-refractivity contribution >= 4 is 28.9 Å². The molecule has 1 heterocycles. The number of rotatable bonds is 3. The molecule has 6 nitrogen and oxygen atoms in total. The van der Waals surface area contributed by atoms with Gasteiger partial charge < -0.3 is 21.3 Å². The summed E-state index contributed by atoms with van der Waals surface area (Å²) in [5.41, 5.74) is 8.72. The van der Waals surface area contributed by atoms with Gasteiger partial charge in [0.2, 0.25) is 11.8 Å². The second-order valence-corrected chi connectivity index (χ2v) is 4.46. The molecule has 1 aromatic rings. The van der Waals surface area contributed by atoms with E-state index in [1.54, 1.807) is 26.2 Å². The summed E-state index contributed by atoms with van der Waals surface area (Å²) >= 11 is 0. The molecule has 0 spiro atoms. The second-order valence-electron chi connectivity index (χ2n) is 4.46. The highest BCUT2D eigenvalue weighted by Crippen LogP contribution is 2.31. The zero-order valence-corrected chi connectivity index (χ0v) is 10.4. The van der Waals surface area contributed by atoms with E-state index in [0.717, 1.165) is 11.3 Å². The first-order chi connectivity index (χ1) is 8.47. The lowest BCUT2D eigenvalue weighted by Gasteiger charge is -2.14. The van der Waals surface area contributed by atoms with Gasteiger partial charge in [0.1, 0.15) is 0 Å². The molecule has 2 rings (SSSR count). The topological polar surface area (TPSA) is 87.5 Å². The highest BCUT2D eigenvalue weighted by atomic mass is 16.2. The molecule has 0 fully saturated rings. The number of amides is 2. The Bertz CT molecular complexity index is 511. The van der Waals surface area contributed by atoms with Crippen molar-refractivity contribution in [1.29, 1.82) is 0 Å². The number of nitrogen functional groups attached to an aromatic ring is 1. The first-order valence-corrected chi connectivity index (χ1v) is 5.63. The van der Waals surface area contributed by atoms with E-state index in [9.17, 15) is 9.59 Å². The summed E-state index contributed by atoms with van der Waals surface area (Å²) in [5, 5.41) is 5.72. The van der Waals surface area contributed by atoms with Crippen molar-refractivity contribution in [1.82, 2.24) is 4.90 Å². The second kappa shape index (κ2) is 4.56. The van der Waals surface area contributed by atoms with Crippen molar-refractivity contribution in [2.75, 3.05) is 37.0 Å². The number of hydrogen-bond donors (Lipinski definition) is 3. The van der Waals surface area contributed by atoms with Gasteiger partial charge in [0.05, 0.1) is 24.3 Å². The van der Waals surface area contributed by atoms with Crippen LogP contribution >= 0.6 is 0 Å². The Balaban J connectivity index is 2.13. The molecule has 0 atom stereocenters. The van der Waals surface area contributed by atoms with E-state index in [2.05, 4.69) is 10.6 Å². The molecule has 6 heteroatoms. The van der Waals surface area contributed by atoms with Crippen LogP contribution in [0.3, 0.4) is 0 Å². The zero-order chi connectivity index (χ0) is 13.3. The Morgan fingerprint density at radius 3 is 2.89 bits per heavy atom.